The summed E-state index contributed by atoms with van der Waals surface area (Å²) in [5.74, 6) is 2.99. The number of ether oxygens (including phenoxy) is 1. The first-order valence-electron chi connectivity index (χ1n) is 11.2. The number of ketones is 1. The van der Waals surface area contributed by atoms with Crippen molar-refractivity contribution in [2.24, 2.45) is 40.4 Å². The van der Waals surface area contributed by atoms with Crippen LogP contribution in [0.25, 0.3) is 0 Å². The van der Waals surface area contributed by atoms with Gasteiger partial charge in [0.25, 0.3) is 0 Å². The van der Waals surface area contributed by atoms with Crippen LogP contribution in [-0.2, 0) is 9.53 Å². The van der Waals surface area contributed by atoms with Gasteiger partial charge in [-0.1, -0.05) is 13.8 Å². The number of carbonyl (C=O) groups excluding carboxylic acids is 1. The first-order valence-corrected chi connectivity index (χ1v) is 11.2. The second-order valence-corrected chi connectivity index (χ2v) is 10.8. The maximum Gasteiger partial charge on any atom is 0.411 e. The molecule has 160 valence electrons. The van der Waals surface area contributed by atoms with Crippen LogP contribution < -0.4 is 0 Å². The van der Waals surface area contributed by atoms with Crippen molar-refractivity contribution in [3.05, 3.63) is 0 Å². The summed E-state index contributed by atoms with van der Waals surface area (Å²) in [5.41, 5.74) is 0.226. The van der Waals surface area contributed by atoms with Crippen molar-refractivity contribution >= 4 is 5.78 Å². The van der Waals surface area contributed by atoms with E-state index in [2.05, 4.69) is 13.8 Å². The van der Waals surface area contributed by atoms with Gasteiger partial charge in [0.15, 0.2) is 0 Å². The van der Waals surface area contributed by atoms with Crippen molar-refractivity contribution in [3.63, 3.8) is 0 Å². The fourth-order valence-corrected chi connectivity index (χ4v) is 8.33. The number of hydrogen-bond donors (Lipinski definition) is 0. The molecule has 4 rings (SSSR count). The normalized spacial score (nSPS) is 48.5. The lowest BCUT2D eigenvalue weighted by Gasteiger charge is -2.61. The molecular weight excluding hydrogens is 365 g/mol. The minimum Gasteiger partial charge on any atom is -0.369 e. The summed E-state index contributed by atoms with van der Waals surface area (Å²) in [7, 11) is 0. The summed E-state index contributed by atoms with van der Waals surface area (Å²) in [5, 5.41) is 0. The van der Waals surface area contributed by atoms with Crippen LogP contribution in [-0.4, -0.2) is 24.7 Å². The zero-order valence-corrected chi connectivity index (χ0v) is 17.5. The summed E-state index contributed by atoms with van der Waals surface area (Å²) in [4.78, 5) is 12.2. The molecule has 2 nitrogen and oxygen atoms in total. The standard InChI is InChI=1S/C23H35F3O2/c1-14(27)18-8-9-19-17-7-5-15-4-6-16(28-13-23(24,25)26)12-22(15,3)20(17)10-11-21(18,19)2/h15-20H,4-13H2,1-3H3/t15?,16?,17?,18-,19?,20?,21?,22?/m1/s1. The van der Waals surface area contributed by atoms with Gasteiger partial charge in [-0.15, -0.1) is 0 Å². The fourth-order valence-electron chi connectivity index (χ4n) is 8.33. The molecule has 4 aliphatic carbocycles. The second kappa shape index (κ2) is 6.99. The number of alkyl halides is 3. The van der Waals surface area contributed by atoms with Gasteiger partial charge in [0, 0.05) is 5.92 Å². The van der Waals surface area contributed by atoms with E-state index in [1.54, 1.807) is 6.92 Å². The zero-order valence-electron chi connectivity index (χ0n) is 17.5. The minimum absolute atomic E-state index is 0.0903. The summed E-state index contributed by atoms with van der Waals surface area (Å²) < 4.78 is 43.3. The molecule has 0 saturated heterocycles. The first-order chi connectivity index (χ1) is 13.0. The van der Waals surface area contributed by atoms with Crippen LogP contribution in [0.5, 0.6) is 0 Å². The van der Waals surface area contributed by atoms with E-state index in [9.17, 15) is 18.0 Å². The van der Waals surface area contributed by atoms with Crippen molar-refractivity contribution in [2.45, 2.75) is 90.8 Å². The van der Waals surface area contributed by atoms with Crippen molar-refractivity contribution in [3.8, 4) is 0 Å². The number of carbonyl (C=O) groups is 1. The molecule has 8 atom stereocenters. The Hall–Kier alpha value is -0.580. The molecule has 0 amide bonds. The highest BCUT2D eigenvalue weighted by Gasteiger charge is 2.61. The molecule has 5 heteroatoms. The lowest BCUT2D eigenvalue weighted by Crippen LogP contribution is -2.54. The Balaban J connectivity index is 1.52. The van der Waals surface area contributed by atoms with E-state index in [-0.39, 0.29) is 22.9 Å². The van der Waals surface area contributed by atoms with Crippen molar-refractivity contribution in [2.75, 3.05) is 6.61 Å². The van der Waals surface area contributed by atoms with Crippen molar-refractivity contribution in [1.29, 1.82) is 0 Å². The topological polar surface area (TPSA) is 26.3 Å². The number of Topliss-reactive ketones (excluding diaryl/α,β-unsaturated/α-hetero) is 1. The maximum atomic E-state index is 12.6. The van der Waals surface area contributed by atoms with Crippen molar-refractivity contribution < 1.29 is 22.7 Å². The third-order valence-corrected chi connectivity index (χ3v) is 9.54. The molecule has 7 unspecified atom stereocenters. The molecule has 0 aromatic heterocycles. The van der Waals surface area contributed by atoms with Crippen LogP contribution in [0.3, 0.4) is 0 Å². The van der Waals surface area contributed by atoms with Gasteiger partial charge in [-0.05, 0) is 99.2 Å². The van der Waals surface area contributed by atoms with Gasteiger partial charge >= 0.3 is 6.18 Å². The van der Waals surface area contributed by atoms with E-state index in [1.165, 1.54) is 12.8 Å². The van der Waals surface area contributed by atoms with E-state index in [1.807, 2.05) is 0 Å². The van der Waals surface area contributed by atoms with Gasteiger partial charge in [-0.25, -0.2) is 0 Å². The Kier molecular flexibility index (Phi) is 5.16. The first kappa shape index (κ1) is 20.7. The number of hydrogen-bond acceptors (Lipinski definition) is 2. The molecular formula is C23H35F3O2. The van der Waals surface area contributed by atoms with Crippen LogP contribution in [0, 0.1) is 40.4 Å². The Labute approximate surface area is 167 Å². The SMILES string of the molecule is CC(=O)[C@H]1CCC2C3CCC4CCC(OCC(F)(F)F)CC4(C)C3CCC21C. The van der Waals surface area contributed by atoms with Crippen molar-refractivity contribution in [1.82, 2.24) is 0 Å². The number of fused-ring (bicyclic) bond motifs is 5. The molecule has 0 spiro atoms. The number of halogens is 3. The van der Waals surface area contributed by atoms with Crippen LogP contribution in [0.1, 0.15) is 78.6 Å². The largest absolute Gasteiger partial charge is 0.411 e. The smallest absolute Gasteiger partial charge is 0.369 e. The zero-order chi connectivity index (χ0) is 20.3. The monoisotopic (exact) mass is 400 g/mol. The predicted molar refractivity (Wildman–Crippen MR) is 102 cm³/mol. The summed E-state index contributed by atoms with van der Waals surface area (Å²) >= 11 is 0. The van der Waals surface area contributed by atoms with Gasteiger partial charge in [-0.2, -0.15) is 13.2 Å². The summed E-state index contributed by atoms with van der Waals surface area (Å²) in [6.45, 7) is 5.33. The van der Waals surface area contributed by atoms with E-state index < -0.39 is 12.8 Å². The third-order valence-electron chi connectivity index (χ3n) is 9.54. The molecule has 0 radical (unpaired) electrons. The molecule has 0 bridgehead atoms. The summed E-state index contributed by atoms with van der Waals surface area (Å²) in [6, 6.07) is 0. The molecule has 4 fully saturated rings. The molecule has 4 aliphatic rings. The van der Waals surface area contributed by atoms with Crippen LogP contribution in [0.15, 0.2) is 0 Å². The lowest BCUT2D eigenvalue weighted by atomic mass is 9.44. The quantitative estimate of drug-likeness (QED) is 0.565. The fraction of sp³-hybridized carbons (Fsp3) is 0.957. The minimum atomic E-state index is -4.24. The molecule has 0 heterocycles. The Morgan fingerprint density at radius 3 is 2.32 bits per heavy atom. The Morgan fingerprint density at radius 2 is 1.64 bits per heavy atom. The van der Waals surface area contributed by atoms with Crippen LogP contribution >= 0.6 is 0 Å². The molecule has 0 aromatic rings. The van der Waals surface area contributed by atoms with Gasteiger partial charge in [0.1, 0.15) is 12.4 Å². The average Bonchev–Trinajstić information content (AvgIpc) is 2.96. The van der Waals surface area contributed by atoms with Crippen LogP contribution in [0.2, 0.25) is 0 Å². The maximum absolute atomic E-state index is 12.6. The molecule has 0 N–H and O–H groups in total. The molecule has 4 saturated carbocycles. The van der Waals surface area contributed by atoms with Gasteiger partial charge in [0.2, 0.25) is 0 Å². The Bertz CT molecular complexity index is 617. The van der Waals surface area contributed by atoms with Gasteiger partial charge in [-0.3, -0.25) is 4.79 Å². The molecule has 28 heavy (non-hydrogen) atoms. The molecule has 0 aliphatic heterocycles. The average molecular weight is 401 g/mol. The van der Waals surface area contributed by atoms with E-state index >= 15 is 0 Å². The summed E-state index contributed by atoms with van der Waals surface area (Å²) in [6.07, 6.45) is 4.86. The molecule has 0 aromatic carbocycles. The van der Waals surface area contributed by atoms with Crippen LogP contribution in [0.4, 0.5) is 13.2 Å². The van der Waals surface area contributed by atoms with E-state index in [0.717, 1.165) is 44.9 Å². The highest BCUT2D eigenvalue weighted by Crippen LogP contribution is 2.67. The highest BCUT2D eigenvalue weighted by atomic mass is 19.4. The lowest BCUT2D eigenvalue weighted by molar-refractivity contribution is -0.202. The number of rotatable bonds is 3. The van der Waals surface area contributed by atoms with E-state index in [0.29, 0.717) is 29.5 Å². The van der Waals surface area contributed by atoms with E-state index in [4.69, 9.17) is 4.74 Å². The van der Waals surface area contributed by atoms with Gasteiger partial charge in [0.05, 0.1) is 6.10 Å². The highest BCUT2D eigenvalue weighted by molar-refractivity contribution is 5.79. The third kappa shape index (κ3) is 3.33. The Morgan fingerprint density at radius 1 is 0.964 bits per heavy atom. The predicted octanol–water partition coefficient (Wildman–Crippen LogP) is 6.18. The second-order valence-electron chi connectivity index (χ2n) is 10.8. The van der Waals surface area contributed by atoms with Gasteiger partial charge < -0.3 is 4.74 Å².